The zero-order valence-electron chi connectivity index (χ0n) is 11.2. The van der Waals surface area contributed by atoms with Crippen molar-refractivity contribution in [1.82, 2.24) is 4.98 Å². The Labute approximate surface area is 123 Å². The Morgan fingerprint density at radius 1 is 1.25 bits per heavy atom. The first-order chi connectivity index (χ1) is 9.70. The molecule has 0 aliphatic rings. The molecule has 104 valence electrons. The lowest BCUT2D eigenvalue weighted by Crippen LogP contribution is -2.11. The standard InChI is InChI=1S/C15H16N2O2S/c1-18-10-8-11-4-6-12(7-5-11)19-15-13(14(16)20)3-2-9-17-15/h2-7,9H,8,10H2,1H3,(H2,16,20). The molecule has 0 bridgehead atoms. The zero-order chi connectivity index (χ0) is 14.4. The second-order valence-corrected chi connectivity index (χ2v) is 4.65. The molecule has 1 heterocycles. The fourth-order valence-electron chi connectivity index (χ4n) is 1.72. The maximum absolute atomic E-state index is 5.72. The Kier molecular flexibility index (Phi) is 5.03. The number of thiocarbonyl (C=S) groups is 1. The number of nitrogens with two attached hydrogens (primary N) is 1. The van der Waals surface area contributed by atoms with Crippen molar-refractivity contribution in [2.24, 2.45) is 5.73 Å². The molecule has 0 amide bonds. The van der Waals surface area contributed by atoms with Crippen molar-refractivity contribution in [3.63, 3.8) is 0 Å². The lowest BCUT2D eigenvalue weighted by atomic mass is 10.1. The van der Waals surface area contributed by atoms with Gasteiger partial charge < -0.3 is 15.2 Å². The summed E-state index contributed by atoms with van der Waals surface area (Å²) in [5.74, 6) is 1.12. The Bertz CT molecular complexity index is 585. The van der Waals surface area contributed by atoms with E-state index in [9.17, 15) is 0 Å². The molecular formula is C15H16N2O2S. The summed E-state index contributed by atoms with van der Waals surface area (Å²) in [4.78, 5) is 4.43. The monoisotopic (exact) mass is 288 g/mol. The van der Waals surface area contributed by atoms with Crippen LogP contribution in [0.25, 0.3) is 0 Å². The van der Waals surface area contributed by atoms with Crippen LogP contribution in [0.2, 0.25) is 0 Å². The van der Waals surface area contributed by atoms with Gasteiger partial charge in [-0.05, 0) is 36.2 Å². The molecule has 1 aromatic heterocycles. The zero-order valence-corrected chi connectivity index (χ0v) is 12.0. The molecule has 5 heteroatoms. The molecule has 0 aliphatic heterocycles. The molecule has 2 rings (SSSR count). The summed E-state index contributed by atoms with van der Waals surface area (Å²) in [5, 5.41) is 0. The van der Waals surface area contributed by atoms with Crippen LogP contribution in [0, 0.1) is 0 Å². The fraction of sp³-hybridized carbons (Fsp3) is 0.200. The van der Waals surface area contributed by atoms with E-state index in [0.29, 0.717) is 23.8 Å². The molecule has 0 radical (unpaired) electrons. The number of aromatic nitrogens is 1. The lowest BCUT2D eigenvalue weighted by Gasteiger charge is -2.09. The van der Waals surface area contributed by atoms with Crippen molar-refractivity contribution >= 4 is 17.2 Å². The number of rotatable bonds is 6. The van der Waals surface area contributed by atoms with Gasteiger partial charge in [0.05, 0.1) is 12.2 Å². The molecule has 0 fully saturated rings. The van der Waals surface area contributed by atoms with E-state index in [0.717, 1.165) is 6.42 Å². The number of hydrogen-bond donors (Lipinski definition) is 1. The number of pyridine rings is 1. The summed E-state index contributed by atoms with van der Waals surface area (Å²) in [7, 11) is 1.69. The van der Waals surface area contributed by atoms with Gasteiger partial charge in [0.1, 0.15) is 10.7 Å². The minimum Gasteiger partial charge on any atom is -0.438 e. The fourth-order valence-corrected chi connectivity index (χ4v) is 1.87. The van der Waals surface area contributed by atoms with Crippen LogP contribution < -0.4 is 10.5 Å². The maximum atomic E-state index is 5.72. The van der Waals surface area contributed by atoms with Crippen molar-refractivity contribution in [2.45, 2.75) is 6.42 Å². The molecule has 0 saturated heterocycles. The normalized spacial score (nSPS) is 10.2. The van der Waals surface area contributed by atoms with E-state index in [4.69, 9.17) is 27.4 Å². The third kappa shape index (κ3) is 3.76. The highest BCUT2D eigenvalue weighted by Gasteiger charge is 2.08. The average molecular weight is 288 g/mol. The highest BCUT2D eigenvalue weighted by Crippen LogP contribution is 2.23. The highest BCUT2D eigenvalue weighted by atomic mass is 32.1. The molecule has 2 aromatic rings. The van der Waals surface area contributed by atoms with Gasteiger partial charge in [-0.15, -0.1) is 0 Å². The summed E-state index contributed by atoms with van der Waals surface area (Å²) >= 11 is 4.98. The molecule has 4 nitrogen and oxygen atoms in total. The number of hydrogen-bond acceptors (Lipinski definition) is 4. The minimum atomic E-state index is 0.268. The van der Waals surface area contributed by atoms with Crippen LogP contribution in [-0.2, 0) is 11.2 Å². The summed E-state index contributed by atoms with van der Waals surface area (Å²) < 4.78 is 10.8. The predicted octanol–water partition coefficient (Wildman–Crippen LogP) is 2.70. The van der Waals surface area contributed by atoms with Crippen LogP contribution in [0.5, 0.6) is 11.6 Å². The van der Waals surface area contributed by atoms with Gasteiger partial charge in [0, 0.05) is 13.3 Å². The Hall–Kier alpha value is -1.98. The highest BCUT2D eigenvalue weighted by molar-refractivity contribution is 7.80. The van der Waals surface area contributed by atoms with Gasteiger partial charge >= 0.3 is 0 Å². The third-order valence-electron chi connectivity index (χ3n) is 2.77. The Balaban J connectivity index is 2.12. The van der Waals surface area contributed by atoms with Crippen molar-refractivity contribution in [1.29, 1.82) is 0 Å². The molecule has 0 atom stereocenters. The van der Waals surface area contributed by atoms with E-state index in [2.05, 4.69) is 4.98 Å². The first-order valence-corrected chi connectivity index (χ1v) is 6.62. The SMILES string of the molecule is COCCc1ccc(Oc2ncccc2C(N)=S)cc1. The van der Waals surface area contributed by atoms with Gasteiger partial charge in [-0.25, -0.2) is 4.98 Å². The predicted molar refractivity (Wildman–Crippen MR) is 82.2 cm³/mol. The molecule has 20 heavy (non-hydrogen) atoms. The van der Waals surface area contributed by atoms with Gasteiger partial charge in [0.25, 0.3) is 0 Å². The van der Waals surface area contributed by atoms with Crippen LogP contribution in [0.4, 0.5) is 0 Å². The van der Waals surface area contributed by atoms with Gasteiger partial charge in [-0.3, -0.25) is 0 Å². The van der Waals surface area contributed by atoms with Crippen LogP contribution >= 0.6 is 12.2 Å². The van der Waals surface area contributed by atoms with Gasteiger partial charge in [0.15, 0.2) is 0 Å². The quantitative estimate of drug-likeness (QED) is 0.828. The second kappa shape index (κ2) is 6.98. The van der Waals surface area contributed by atoms with Crippen LogP contribution in [0.3, 0.4) is 0 Å². The van der Waals surface area contributed by atoms with Crippen molar-refractivity contribution < 1.29 is 9.47 Å². The van der Waals surface area contributed by atoms with E-state index >= 15 is 0 Å². The van der Waals surface area contributed by atoms with Crippen molar-refractivity contribution in [3.8, 4) is 11.6 Å². The average Bonchev–Trinajstić information content (AvgIpc) is 2.47. The molecular weight excluding hydrogens is 272 g/mol. The molecule has 2 N–H and O–H groups in total. The molecule has 0 spiro atoms. The minimum absolute atomic E-state index is 0.268. The third-order valence-corrected chi connectivity index (χ3v) is 2.99. The summed E-state index contributed by atoms with van der Waals surface area (Å²) in [6, 6.07) is 11.3. The topological polar surface area (TPSA) is 57.4 Å². The maximum Gasteiger partial charge on any atom is 0.229 e. The summed E-state index contributed by atoms with van der Waals surface area (Å²) in [5.41, 5.74) is 7.46. The Morgan fingerprint density at radius 3 is 2.65 bits per heavy atom. The summed E-state index contributed by atoms with van der Waals surface area (Å²) in [6.07, 6.45) is 2.52. The lowest BCUT2D eigenvalue weighted by molar-refractivity contribution is 0.202. The van der Waals surface area contributed by atoms with Crippen molar-refractivity contribution in [2.75, 3.05) is 13.7 Å². The van der Waals surface area contributed by atoms with Gasteiger partial charge in [0.2, 0.25) is 5.88 Å². The molecule has 0 aliphatic carbocycles. The van der Waals surface area contributed by atoms with Crippen LogP contribution in [-0.4, -0.2) is 23.7 Å². The number of benzene rings is 1. The first-order valence-electron chi connectivity index (χ1n) is 6.21. The van der Waals surface area contributed by atoms with E-state index in [1.807, 2.05) is 24.3 Å². The summed E-state index contributed by atoms with van der Waals surface area (Å²) in [6.45, 7) is 0.700. The van der Waals surface area contributed by atoms with Crippen molar-refractivity contribution in [3.05, 3.63) is 53.7 Å². The van der Waals surface area contributed by atoms with Crippen LogP contribution in [0.1, 0.15) is 11.1 Å². The molecule has 0 unspecified atom stereocenters. The van der Waals surface area contributed by atoms with E-state index in [1.165, 1.54) is 5.56 Å². The number of methoxy groups -OCH3 is 1. The molecule has 1 aromatic carbocycles. The number of nitrogens with zero attached hydrogens (tertiary/aromatic N) is 1. The van der Waals surface area contributed by atoms with Gasteiger partial charge in [-0.2, -0.15) is 0 Å². The van der Waals surface area contributed by atoms with E-state index in [-0.39, 0.29) is 4.99 Å². The van der Waals surface area contributed by atoms with E-state index in [1.54, 1.807) is 25.4 Å². The largest absolute Gasteiger partial charge is 0.438 e. The smallest absolute Gasteiger partial charge is 0.229 e. The molecule has 0 saturated carbocycles. The second-order valence-electron chi connectivity index (χ2n) is 4.21. The van der Waals surface area contributed by atoms with Gasteiger partial charge in [-0.1, -0.05) is 24.4 Å². The number of ether oxygens (including phenoxy) is 2. The van der Waals surface area contributed by atoms with Crippen LogP contribution in [0.15, 0.2) is 42.6 Å². The van der Waals surface area contributed by atoms with E-state index < -0.39 is 0 Å². The Morgan fingerprint density at radius 2 is 2.00 bits per heavy atom. The first kappa shape index (κ1) is 14.4.